The number of likely N-dealkylation sites (N-methyl/N-ethyl adjacent to an activating group) is 2. The molecule has 0 saturated heterocycles. The topological polar surface area (TPSA) is 30.9 Å². The molecule has 0 atom stereocenters. The van der Waals surface area contributed by atoms with Gasteiger partial charge in [0.05, 0.1) is 12.1 Å². The molecule has 0 spiro atoms. The quantitative estimate of drug-likeness (QED) is 0.631. The van der Waals surface area contributed by atoms with Gasteiger partial charge in [0, 0.05) is 25.3 Å². The molecule has 0 aliphatic rings. The summed E-state index contributed by atoms with van der Waals surface area (Å²) >= 11 is 0. The second kappa shape index (κ2) is 8.62. The Morgan fingerprint density at radius 1 is 1.06 bits per heavy atom. The Labute approximate surface area is 113 Å². The van der Waals surface area contributed by atoms with Crippen LogP contribution in [0.5, 0.6) is 0 Å². The van der Waals surface area contributed by atoms with Crippen LogP contribution < -0.4 is 5.32 Å². The average molecular weight is 256 g/mol. The third-order valence-corrected chi connectivity index (χ3v) is 3.03. The van der Waals surface area contributed by atoms with Crippen molar-refractivity contribution in [2.75, 3.05) is 54.4 Å². The summed E-state index contributed by atoms with van der Waals surface area (Å²) in [7, 11) is 8.37. The number of rotatable bonds is 9. The molecule has 18 heavy (non-hydrogen) atoms. The van der Waals surface area contributed by atoms with Crippen LogP contribution in [0, 0.1) is 0 Å². The van der Waals surface area contributed by atoms with Gasteiger partial charge in [0.2, 0.25) is 0 Å². The van der Waals surface area contributed by atoms with Crippen molar-refractivity contribution in [1.82, 2.24) is 15.1 Å². The van der Waals surface area contributed by atoms with Gasteiger partial charge in [0.15, 0.2) is 0 Å². The predicted octanol–water partition coefficient (Wildman–Crippen LogP) is 1.33. The first kappa shape index (κ1) is 17.6. The predicted molar refractivity (Wildman–Crippen MR) is 81.8 cm³/mol. The summed E-state index contributed by atoms with van der Waals surface area (Å²) in [5.74, 6) is 0. The van der Waals surface area contributed by atoms with Crippen molar-refractivity contribution in [3.05, 3.63) is 0 Å². The van der Waals surface area contributed by atoms with Gasteiger partial charge in [0.25, 0.3) is 0 Å². The molecule has 0 aromatic heterocycles. The molecule has 0 aromatic rings. The van der Waals surface area contributed by atoms with E-state index < -0.39 is 0 Å². The van der Waals surface area contributed by atoms with Gasteiger partial charge in [0.1, 0.15) is 0 Å². The minimum Gasteiger partial charge on any atom is -0.308 e. The maximum atomic E-state index is 4.75. The number of aliphatic imine (C=N–C) groups is 1. The van der Waals surface area contributed by atoms with Crippen LogP contribution in [0.4, 0.5) is 0 Å². The molecule has 1 N–H and O–H groups in total. The van der Waals surface area contributed by atoms with Gasteiger partial charge in [-0.1, -0.05) is 6.92 Å². The minimum atomic E-state index is -0.00290. The van der Waals surface area contributed by atoms with Gasteiger partial charge in [-0.2, -0.15) is 0 Å². The van der Waals surface area contributed by atoms with E-state index in [2.05, 4.69) is 64.1 Å². The molecule has 4 nitrogen and oxygen atoms in total. The zero-order chi connectivity index (χ0) is 14.2. The number of hydrogen-bond acceptors (Lipinski definition) is 4. The Balaban J connectivity index is 4.31. The van der Waals surface area contributed by atoms with E-state index in [1.165, 1.54) is 5.71 Å². The number of nitrogens with zero attached hydrogens (tertiary/aromatic N) is 3. The second-order valence-corrected chi connectivity index (χ2v) is 5.84. The van der Waals surface area contributed by atoms with Gasteiger partial charge < -0.3 is 15.1 Å². The standard InChI is InChI=1S/C14H32N4/c1-8-13(15-9-11-17(4)5)14(2,3)16-10-12-18(6)7/h16H,8-12H2,1-7H3. The lowest BCUT2D eigenvalue weighted by molar-refractivity contribution is 0.376. The number of hydrogen-bond donors (Lipinski definition) is 1. The van der Waals surface area contributed by atoms with E-state index in [1.54, 1.807) is 0 Å². The molecule has 4 heteroatoms. The molecule has 0 bridgehead atoms. The summed E-state index contributed by atoms with van der Waals surface area (Å²) in [5, 5.41) is 3.59. The maximum absolute atomic E-state index is 4.75. The third kappa shape index (κ3) is 7.80. The SMILES string of the molecule is CCC(=NCCN(C)C)C(C)(C)NCCN(C)C. The largest absolute Gasteiger partial charge is 0.308 e. The Bertz CT molecular complexity index is 244. The van der Waals surface area contributed by atoms with Gasteiger partial charge in [-0.05, 0) is 48.5 Å². The molecule has 0 unspecified atom stereocenters. The highest BCUT2D eigenvalue weighted by Gasteiger charge is 2.22. The zero-order valence-electron chi connectivity index (χ0n) is 13.4. The van der Waals surface area contributed by atoms with Crippen LogP contribution in [0.15, 0.2) is 4.99 Å². The van der Waals surface area contributed by atoms with E-state index in [0.29, 0.717) is 0 Å². The van der Waals surface area contributed by atoms with Crippen LogP contribution in [-0.4, -0.2) is 75.4 Å². The highest BCUT2D eigenvalue weighted by molar-refractivity contribution is 5.92. The summed E-state index contributed by atoms with van der Waals surface area (Å²) < 4.78 is 0. The van der Waals surface area contributed by atoms with Crippen molar-refractivity contribution in [2.24, 2.45) is 4.99 Å². The normalized spacial score (nSPS) is 13.7. The highest BCUT2D eigenvalue weighted by atomic mass is 15.1. The smallest absolute Gasteiger partial charge is 0.0516 e. The number of nitrogens with one attached hydrogen (secondary N) is 1. The molecule has 0 rings (SSSR count). The van der Waals surface area contributed by atoms with Crippen LogP contribution in [-0.2, 0) is 0 Å². The van der Waals surface area contributed by atoms with Crippen LogP contribution in [0.3, 0.4) is 0 Å². The van der Waals surface area contributed by atoms with Crippen LogP contribution in [0.25, 0.3) is 0 Å². The Morgan fingerprint density at radius 2 is 1.61 bits per heavy atom. The van der Waals surface area contributed by atoms with Gasteiger partial charge >= 0.3 is 0 Å². The maximum Gasteiger partial charge on any atom is 0.0516 e. The summed E-state index contributed by atoms with van der Waals surface area (Å²) in [5.41, 5.74) is 1.26. The summed E-state index contributed by atoms with van der Waals surface area (Å²) in [6, 6.07) is 0. The first-order chi connectivity index (χ1) is 8.29. The van der Waals surface area contributed by atoms with Crippen molar-refractivity contribution in [2.45, 2.75) is 32.7 Å². The zero-order valence-corrected chi connectivity index (χ0v) is 13.4. The van der Waals surface area contributed by atoms with E-state index in [4.69, 9.17) is 4.99 Å². The van der Waals surface area contributed by atoms with Crippen LogP contribution >= 0.6 is 0 Å². The second-order valence-electron chi connectivity index (χ2n) is 5.84. The fourth-order valence-electron chi connectivity index (χ4n) is 1.83. The Hall–Kier alpha value is -0.450. The van der Waals surface area contributed by atoms with Gasteiger partial charge in [-0.25, -0.2) is 0 Å². The molecule has 0 aliphatic carbocycles. The van der Waals surface area contributed by atoms with Crippen molar-refractivity contribution < 1.29 is 0 Å². The third-order valence-electron chi connectivity index (χ3n) is 3.03. The van der Waals surface area contributed by atoms with Crippen molar-refractivity contribution in [1.29, 1.82) is 0 Å². The molecule has 0 aromatic carbocycles. The monoisotopic (exact) mass is 256 g/mol. The summed E-state index contributed by atoms with van der Waals surface area (Å²) in [6.45, 7) is 10.6. The van der Waals surface area contributed by atoms with Crippen molar-refractivity contribution in [3.63, 3.8) is 0 Å². The van der Waals surface area contributed by atoms with Gasteiger partial charge in [-0.15, -0.1) is 0 Å². The summed E-state index contributed by atoms with van der Waals surface area (Å²) in [6.07, 6.45) is 1.01. The fourth-order valence-corrected chi connectivity index (χ4v) is 1.83. The first-order valence-corrected chi connectivity index (χ1v) is 6.88. The van der Waals surface area contributed by atoms with Crippen LogP contribution in [0.1, 0.15) is 27.2 Å². The fraction of sp³-hybridized carbons (Fsp3) is 0.929. The first-order valence-electron chi connectivity index (χ1n) is 6.88. The molecule has 108 valence electrons. The van der Waals surface area contributed by atoms with Crippen LogP contribution in [0.2, 0.25) is 0 Å². The molecule has 0 aliphatic heterocycles. The molecule has 0 saturated carbocycles. The minimum absolute atomic E-state index is 0.00290. The van der Waals surface area contributed by atoms with E-state index in [-0.39, 0.29) is 5.54 Å². The summed E-state index contributed by atoms with van der Waals surface area (Å²) in [4.78, 5) is 9.11. The van der Waals surface area contributed by atoms with E-state index >= 15 is 0 Å². The Morgan fingerprint density at radius 3 is 2.06 bits per heavy atom. The average Bonchev–Trinajstić information content (AvgIpc) is 2.22. The molecule has 0 radical (unpaired) electrons. The lowest BCUT2D eigenvalue weighted by Gasteiger charge is -2.29. The van der Waals surface area contributed by atoms with E-state index in [0.717, 1.165) is 32.6 Å². The molecule has 0 amide bonds. The molecule has 0 fully saturated rings. The lowest BCUT2D eigenvalue weighted by Crippen LogP contribution is -2.48. The van der Waals surface area contributed by atoms with E-state index in [1.807, 2.05) is 0 Å². The van der Waals surface area contributed by atoms with E-state index in [9.17, 15) is 0 Å². The Kier molecular flexibility index (Phi) is 8.40. The molecular weight excluding hydrogens is 224 g/mol. The van der Waals surface area contributed by atoms with Crippen molar-refractivity contribution in [3.8, 4) is 0 Å². The molecule has 0 heterocycles. The van der Waals surface area contributed by atoms with Crippen molar-refractivity contribution >= 4 is 5.71 Å². The highest BCUT2D eigenvalue weighted by Crippen LogP contribution is 2.09. The van der Waals surface area contributed by atoms with Gasteiger partial charge in [-0.3, -0.25) is 4.99 Å². The molecular formula is C14H32N4. The lowest BCUT2D eigenvalue weighted by atomic mass is 9.96.